The molecule has 1 amide bonds. The van der Waals surface area contributed by atoms with Crippen LogP contribution in [0.1, 0.15) is 29.6 Å². The Kier molecular flexibility index (Phi) is 6.87. The molecule has 0 fully saturated rings. The molecule has 0 unspecified atom stereocenters. The molecule has 0 spiro atoms. The number of unbranched alkanes of at least 4 members (excludes halogenated alkanes) is 2. The summed E-state index contributed by atoms with van der Waals surface area (Å²) in [6.07, 6.45) is 2.54. The lowest BCUT2D eigenvalue weighted by atomic mass is 10.1. The molecule has 20 heavy (non-hydrogen) atoms. The van der Waals surface area contributed by atoms with E-state index in [1.54, 1.807) is 37.3 Å². The topological polar surface area (TPSA) is 59.0 Å². The van der Waals surface area contributed by atoms with Gasteiger partial charge in [-0.3, -0.25) is 4.79 Å². The summed E-state index contributed by atoms with van der Waals surface area (Å²) in [7, 11) is 4.83. The zero-order valence-corrected chi connectivity index (χ0v) is 12.4. The monoisotopic (exact) mass is 281 g/mol. The Labute approximate surface area is 120 Å². The van der Waals surface area contributed by atoms with Crippen LogP contribution in [0.3, 0.4) is 0 Å². The first-order chi connectivity index (χ1) is 9.65. The van der Waals surface area contributed by atoms with Crippen LogP contribution < -0.4 is 9.47 Å². The van der Waals surface area contributed by atoms with E-state index in [-0.39, 0.29) is 12.5 Å². The summed E-state index contributed by atoms with van der Waals surface area (Å²) in [6.45, 7) is 0.848. The third-order valence-electron chi connectivity index (χ3n) is 3.13. The Morgan fingerprint density at radius 3 is 2.55 bits per heavy atom. The Balaban J connectivity index is 2.76. The second-order valence-electron chi connectivity index (χ2n) is 4.55. The van der Waals surface area contributed by atoms with Crippen molar-refractivity contribution in [1.29, 1.82) is 0 Å². The minimum absolute atomic E-state index is 0.0928. The molecular weight excluding hydrogens is 258 g/mol. The number of hydrogen-bond acceptors (Lipinski definition) is 4. The van der Waals surface area contributed by atoms with Gasteiger partial charge in [-0.2, -0.15) is 0 Å². The second-order valence-corrected chi connectivity index (χ2v) is 4.55. The number of methoxy groups -OCH3 is 2. The van der Waals surface area contributed by atoms with Crippen molar-refractivity contribution < 1.29 is 19.4 Å². The van der Waals surface area contributed by atoms with Gasteiger partial charge < -0.3 is 19.5 Å². The number of ether oxygens (including phenoxy) is 2. The predicted octanol–water partition coefficient (Wildman–Crippen LogP) is 1.94. The van der Waals surface area contributed by atoms with Crippen molar-refractivity contribution in [3.8, 4) is 11.5 Å². The Hall–Kier alpha value is -1.75. The maximum Gasteiger partial charge on any atom is 0.257 e. The number of benzene rings is 1. The van der Waals surface area contributed by atoms with Crippen molar-refractivity contribution in [2.75, 3.05) is 34.4 Å². The standard InChI is InChI=1S/C15H23NO4/c1-16(10-5-4-6-11-17)15(18)12-8-7-9-13(19-2)14(12)20-3/h7-9,17H,4-6,10-11H2,1-3H3. The van der Waals surface area contributed by atoms with Crippen LogP contribution in [0.25, 0.3) is 0 Å². The molecule has 1 aromatic rings. The molecule has 5 nitrogen and oxygen atoms in total. The average Bonchev–Trinajstić information content (AvgIpc) is 2.49. The summed E-state index contributed by atoms with van der Waals surface area (Å²) < 4.78 is 10.5. The Morgan fingerprint density at radius 2 is 1.95 bits per heavy atom. The summed E-state index contributed by atoms with van der Waals surface area (Å²) in [6, 6.07) is 5.26. The normalized spacial score (nSPS) is 10.2. The van der Waals surface area contributed by atoms with Gasteiger partial charge in [0.15, 0.2) is 11.5 Å². The average molecular weight is 281 g/mol. The molecule has 0 bridgehead atoms. The van der Waals surface area contributed by atoms with Crippen LogP contribution in [0.4, 0.5) is 0 Å². The summed E-state index contributed by atoms with van der Waals surface area (Å²) in [5.74, 6) is 0.916. The van der Waals surface area contributed by atoms with Crippen molar-refractivity contribution in [1.82, 2.24) is 4.90 Å². The molecule has 5 heteroatoms. The van der Waals surface area contributed by atoms with E-state index >= 15 is 0 Å². The van der Waals surface area contributed by atoms with Crippen molar-refractivity contribution in [3.63, 3.8) is 0 Å². The van der Waals surface area contributed by atoms with Crippen molar-refractivity contribution in [3.05, 3.63) is 23.8 Å². The quantitative estimate of drug-likeness (QED) is 0.740. The maximum absolute atomic E-state index is 12.4. The number of rotatable bonds is 8. The highest BCUT2D eigenvalue weighted by atomic mass is 16.5. The molecule has 1 N–H and O–H groups in total. The number of hydrogen-bond donors (Lipinski definition) is 1. The summed E-state index contributed by atoms with van der Waals surface area (Å²) in [5, 5.41) is 8.73. The van der Waals surface area contributed by atoms with Gasteiger partial charge in [-0.1, -0.05) is 6.07 Å². The minimum atomic E-state index is -0.0928. The number of nitrogens with zero attached hydrogens (tertiary/aromatic N) is 1. The van der Waals surface area contributed by atoms with E-state index in [9.17, 15) is 4.79 Å². The summed E-state index contributed by atoms with van der Waals surface area (Å²) in [5.41, 5.74) is 0.497. The molecule has 1 aromatic carbocycles. The van der Waals surface area contributed by atoms with Gasteiger partial charge in [0.1, 0.15) is 0 Å². The van der Waals surface area contributed by atoms with E-state index in [0.717, 1.165) is 19.3 Å². The van der Waals surface area contributed by atoms with Gasteiger partial charge in [-0.15, -0.1) is 0 Å². The third kappa shape index (κ3) is 4.13. The molecule has 0 aromatic heterocycles. The fourth-order valence-corrected chi connectivity index (χ4v) is 2.00. The molecule has 0 aliphatic rings. The van der Waals surface area contributed by atoms with E-state index in [1.807, 2.05) is 0 Å². The highest BCUT2D eigenvalue weighted by Gasteiger charge is 2.19. The van der Waals surface area contributed by atoms with Crippen molar-refractivity contribution in [2.24, 2.45) is 0 Å². The predicted molar refractivity (Wildman–Crippen MR) is 77.4 cm³/mol. The van der Waals surface area contributed by atoms with Gasteiger partial charge in [0.05, 0.1) is 19.8 Å². The van der Waals surface area contributed by atoms with Crippen LogP contribution in [0.5, 0.6) is 11.5 Å². The number of carbonyl (C=O) groups is 1. The number of amides is 1. The molecular formula is C15H23NO4. The van der Waals surface area contributed by atoms with Gasteiger partial charge in [0.25, 0.3) is 5.91 Å². The van der Waals surface area contributed by atoms with Gasteiger partial charge in [0, 0.05) is 20.2 Å². The van der Waals surface area contributed by atoms with Gasteiger partial charge >= 0.3 is 0 Å². The molecule has 0 saturated heterocycles. The fraction of sp³-hybridized carbons (Fsp3) is 0.533. The number of aliphatic hydroxyl groups excluding tert-OH is 1. The molecule has 0 heterocycles. The van der Waals surface area contributed by atoms with Gasteiger partial charge in [-0.25, -0.2) is 0 Å². The zero-order chi connectivity index (χ0) is 15.0. The zero-order valence-electron chi connectivity index (χ0n) is 12.4. The highest BCUT2D eigenvalue weighted by Crippen LogP contribution is 2.31. The molecule has 1 rings (SSSR count). The number of carbonyl (C=O) groups excluding carboxylic acids is 1. The first kappa shape index (κ1) is 16.3. The van der Waals surface area contributed by atoms with Crippen LogP contribution in [-0.4, -0.2) is 50.3 Å². The third-order valence-corrected chi connectivity index (χ3v) is 3.13. The first-order valence-electron chi connectivity index (χ1n) is 6.73. The Morgan fingerprint density at radius 1 is 1.20 bits per heavy atom. The fourth-order valence-electron chi connectivity index (χ4n) is 2.00. The minimum Gasteiger partial charge on any atom is -0.493 e. The lowest BCUT2D eigenvalue weighted by molar-refractivity contribution is 0.0788. The molecule has 0 radical (unpaired) electrons. The van der Waals surface area contributed by atoms with Crippen LogP contribution >= 0.6 is 0 Å². The number of para-hydroxylation sites is 1. The SMILES string of the molecule is COc1cccc(C(=O)N(C)CCCCCO)c1OC. The van der Waals surface area contributed by atoms with Crippen LogP contribution in [0.2, 0.25) is 0 Å². The highest BCUT2D eigenvalue weighted by molar-refractivity contribution is 5.97. The summed E-state index contributed by atoms with van der Waals surface area (Å²) in [4.78, 5) is 14.1. The van der Waals surface area contributed by atoms with Crippen LogP contribution in [-0.2, 0) is 0 Å². The second kappa shape index (κ2) is 8.43. The largest absolute Gasteiger partial charge is 0.493 e. The van der Waals surface area contributed by atoms with Gasteiger partial charge in [0.2, 0.25) is 0 Å². The number of aliphatic hydroxyl groups is 1. The molecule has 0 saturated carbocycles. The van der Waals surface area contributed by atoms with E-state index in [1.165, 1.54) is 7.11 Å². The van der Waals surface area contributed by atoms with E-state index in [2.05, 4.69) is 0 Å². The van der Waals surface area contributed by atoms with E-state index in [4.69, 9.17) is 14.6 Å². The van der Waals surface area contributed by atoms with Gasteiger partial charge in [-0.05, 0) is 31.4 Å². The first-order valence-corrected chi connectivity index (χ1v) is 6.73. The van der Waals surface area contributed by atoms with Crippen LogP contribution in [0, 0.1) is 0 Å². The van der Waals surface area contributed by atoms with E-state index < -0.39 is 0 Å². The molecule has 0 aliphatic heterocycles. The lowest BCUT2D eigenvalue weighted by Gasteiger charge is -2.19. The lowest BCUT2D eigenvalue weighted by Crippen LogP contribution is -2.28. The smallest absolute Gasteiger partial charge is 0.257 e. The van der Waals surface area contributed by atoms with Crippen LogP contribution in [0.15, 0.2) is 18.2 Å². The Bertz CT molecular complexity index is 434. The molecule has 0 aliphatic carbocycles. The van der Waals surface area contributed by atoms with E-state index in [0.29, 0.717) is 23.6 Å². The maximum atomic E-state index is 12.4. The van der Waals surface area contributed by atoms with Crippen molar-refractivity contribution in [2.45, 2.75) is 19.3 Å². The molecule has 0 atom stereocenters. The van der Waals surface area contributed by atoms with Crippen molar-refractivity contribution >= 4 is 5.91 Å². The summed E-state index contributed by atoms with van der Waals surface area (Å²) >= 11 is 0. The molecule has 112 valence electrons.